The van der Waals surface area contributed by atoms with E-state index in [-0.39, 0.29) is 11.8 Å². The molecule has 152 valence electrons. The fourth-order valence-electron chi connectivity index (χ4n) is 3.81. The number of aromatic nitrogens is 1. The summed E-state index contributed by atoms with van der Waals surface area (Å²) in [7, 11) is 1.79. The fourth-order valence-corrected chi connectivity index (χ4v) is 3.81. The highest BCUT2D eigenvalue weighted by atomic mass is 16.2. The van der Waals surface area contributed by atoms with Crippen molar-refractivity contribution in [3.05, 3.63) is 101 Å². The minimum atomic E-state index is -0.0808. The van der Waals surface area contributed by atoms with E-state index in [1.807, 2.05) is 29.2 Å². The average molecular weight is 399 g/mol. The Morgan fingerprint density at radius 3 is 2.50 bits per heavy atom. The van der Waals surface area contributed by atoms with Gasteiger partial charge in [-0.05, 0) is 59.9 Å². The lowest BCUT2D eigenvalue weighted by atomic mass is 9.99. The lowest BCUT2D eigenvalue weighted by Crippen LogP contribution is -2.36. The first-order valence-electron chi connectivity index (χ1n) is 10.2. The van der Waals surface area contributed by atoms with Gasteiger partial charge in [0.1, 0.15) is 0 Å². The van der Waals surface area contributed by atoms with Gasteiger partial charge in [0.15, 0.2) is 0 Å². The third-order valence-corrected chi connectivity index (χ3v) is 5.61. The van der Waals surface area contributed by atoms with Gasteiger partial charge in [0.25, 0.3) is 11.8 Å². The Kier molecular flexibility index (Phi) is 5.89. The Bertz CT molecular complexity index is 1050. The molecule has 1 aliphatic heterocycles. The largest absolute Gasteiger partial charge is 0.341 e. The van der Waals surface area contributed by atoms with Crippen molar-refractivity contribution in [1.29, 1.82) is 0 Å². The van der Waals surface area contributed by atoms with Crippen LogP contribution in [0.3, 0.4) is 0 Å². The molecule has 2 heterocycles. The molecule has 0 saturated heterocycles. The molecule has 2 amide bonds. The number of carbonyl (C=O) groups is 2. The van der Waals surface area contributed by atoms with Crippen molar-refractivity contribution in [3.8, 4) is 0 Å². The summed E-state index contributed by atoms with van der Waals surface area (Å²) in [5, 5.41) is 0. The highest BCUT2D eigenvalue weighted by molar-refractivity contribution is 5.99. The van der Waals surface area contributed by atoms with Crippen molar-refractivity contribution >= 4 is 11.8 Å². The van der Waals surface area contributed by atoms with Crippen molar-refractivity contribution in [2.75, 3.05) is 20.1 Å². The van der Waals surface area contributed by atoms with Crippen molar-refractivity contribution < 1.29 is 9.59 Å². The van der Waals surface area contributed by atoms with Crippen LogP contribution in [0.15, 0.2) is 73.1 Å². The van der Waals surface area contributed by atoms with Gasteiger partial charge >= 0.3 is 0 Å². The molecular weight excluding hydrogens is 374 g/mol. The minimum absolute atomic E-state index is 0.0291. The van der Waals surface area contributed by atoms with Gasteiger partial charge < -0.3 is 9.80 Å². The van der Waals surface area contributed by atoms with Crippen molar-refractivity contribution in [2.24, 2.45) is 0 Å². The first-order valence-corrected chi connectivity index (χ1v) is 10.2. The molecule has 0 fully saturated rings. The number of pyridine rings is 1. The topological polar surface area (TPSA) is 53.5 Å². The maximum absolute atomic E-state index is 13.1. The second kappa shape index (κ2) is 8.91. The van der Waals surface area contributed by atoms with Crippen molar-refractivity contribution in [1.82, 2.24) is 14.8 Å². The molecule has 3 aromatic rings. The van der Waals surface area contributed by atoms with E-state index in [0.717, 1.165) is 18.4 Å². The summed E-state index contributed by atoms with van der Waals surface area (Å²) in [5.41, 5.74) is 4.73. The van der Waals surface area contributed by atoms with Crippen LogP contribution in [0.5, 0.6) is 0 Å². The summed E-state index contributed by atoms with van der Waals surface area (Å²) in [6.07, 6.45) is 5.13. The summed E-state index contributed by atoms with van der Waals surface area (Å²) in [5.74, 6) is -0.110. The van der Waals surface area contributed by atoms with Crippen LogP contribution >= 0.6 is 0 Å². The molecule has 0 bridgehead atoms. The van der Waals surface area contributed by atoms with Gasteiger partial charge in [0, 0.05) is 50.2 Å². The van der Waals surface area contributed by atoms with Crippen LogP contribution in [0.1, 0.15) is 37.4 Å². The first-order chi connectivity index (χ1) is 14.6. The number of likely N-dealkylation sites (N-methyl/N-ethyl adjacent to an activating group) is 1. The normalized spacial score (nSPS) is 12.9. The predicted octanol–water partition coefficient (Wildman–Crippen LogP) is 3.59. The van der Waals surface area contributed by atoms with Gasteiger partial charge in [-0.2, -0.15) is 0 Å². The summed E-state index contributed by atoms with van der Waals surface area (Å²) < 4.78 is 0. The van der Waals surface area contributed by atoms with E-state index < -0.39 is 0 Å². The molecule has 0 spiro atoms. The van der Waals surface area contributed by atoms with Crippen LogP contribution in [0, 0.1) is 0 Å². The molecular formula is C25H25N3O2. The Balaban J connectivity index is 1.43. The zero-order valence-electron chi connectivity index (χ0n) is 17.1. The number of amides is 2. The molecule has 0 aliphatic carbocycles. The quantitative estimate of drug-likeness (QED) is 0.659. The van der Waals surface area contributed by atoms with Gasteiger partial charge in [-0.3, -0.25) is 14.6 Å². The highest BCUT2D eigenvalue weighted by Gasteiger charge is 2.22. The molecule has 0 atom stereocenters. The zero-order chi connectivity index (χ0) is 20.9. The molecule has 1 aliphatic rings. The Hall–Kier alpha value is -3.47. The van der Waals surface area contributed by atoms with Crippen LogP contribution in [-0.2, 0) is 19.4 Å². The monoisotopic (exact) mass is 399 g/mol. The van der Waals surface area contributed by atoms with E-state index >= 15 is 0 Å². The SMILES string of the molecule is CN(CCc1ccncc1)C(=O)c1cccc(C(=O)N2CCc3ccccc3C2)c1. The van der Waals surface area contributed by atoms with Crippen LogP contribution in [0.4, 0.5) is 0 Å². The number of hydrogen-bond acceptors (Lipinski definition) is 3. The fraction of sp³-hybridized carbons (Fsp3) is 0.240. The van der Waals surface area contributed by atoms with Crippen molar-refractivity contribution in [2.45, 2.75) is 19.4 Å². The second-order valence-corrected chi connectivity index (χ2v) is 7.66. The third kappa shape index (κ3) is 4.40. The lowest BCUT2D eigenvalue weighted by molar-refractivity contribution is 0.0734. The average Bonchev–Trinajstić information content (AvgIpc) is 2.82. The molecule has 0 radical (unpaired) electrons. The van der Waals surface area contributed by atoms with E-state index in [2.05, 4.69) is 17.1 Å². The van der Waals surface area contributed by atoms with Crippen LogP contribution in [0.2, 0.25) is 0 Å². The summed E-state index contributed by atoms with van der Waals surface area (Å²) in [4.78, 5) is 33.5. The molecule has 0 saturated carbocycles. The third-order valence-electron chi connectivity index (χ3n) is 5.61. The van der Waals surface area contributed by atoms with E-state index in [4.69, 9.17) is 0 Å². The van der Waals surface area contributed by atoms with Gasteiger partial charge in [0.2, 0.25) is 0 Å². The van der Waals surface area contributed by atoms with Gasteiger partial charge in [-0.1, -0.05) is 30.3 Å². The molecule has 30 heavy (non-hydrogen) atoms. The predicted molar refractivity (Wildman–Crippen MR) is 116 cm³/mol. The summed E-state index contributed by atoms with van der Waals surface area (Å²) in [6.45, 7) is 1.91. The molecule has 1 aromatic heterocycles. The van der Waals surface area contributed by atoms with Gasteiger partial charge in [0.05, 0.1) is 0 Å². The van der Waals surface area contributed by atoms with E-state index in [0.29, 0.717) is 30.8 Å². The Labute approximate surface area is 177 Å². The standard InChI is InChI=1S/C25H25N3O2/c1-27(15-11-19-9-13-26-14-10-19)24(29)21-7-4-8-22(17-21)25(30)28-16-12-20-5-2-3-6-23(20)18-28/h2-10,13-14,17H,11-12,15-16,18H2,1H3. The Morgan fingerprint density at radius 1 is 0.967 bits per heavy atom. The maximum Gasteiger partial charge on any atom is 0.254 e. The smallest absolute Gasteiger partial charge is 0.254 e. The number of carbonyl (C=O) groups excluding carboxylic acids is 2. The molecule has 4 rings (SSSR count). The van der Waals surface area contributed by atoms with Gasteiger partial charge in [-0.15, -0.1) is 0 Å². The Morgan fingerprint density at radius 2 is 1.70 bits per heavy atom. The van der Waals surface area contributed by atoms with Crippen LogP contribution in [0.25, 0.3) is 0 Å². The summed E-state index contributed by atoms with van der Waals surface area (Å²) >= 11 is 0. The van der Waals surface area contributed by atoms with E-state index in [9.17, 15) is 9.59 Å². The second-order valence-electron chi connectivity index (χ2n) is 7.66. The van der Waals surface area contributed by atoms with Gasteiger partial charge in [-0.25, -0.2) is 0 Å². The molecule has 5 heteroatoms. The lowest BCUT2D eigenvalue weighted by Gasteiger charge is -2.29. The number of nitrogens with zero attached hydrogens (tertiary/aromatic N) is 3. The number of rotatable bonds is 5. The summed E-state index contributed by atoms with van der Waals surface area (Å²) in [6, 6.07) is 19.2. The van der Waals surface area contributed by atoms with E-state index in [1.165, 1.54) is 11.1 Å². The first kappa shape index (κ1) is 19.8. The maximum atomic E-state index is 13.1. The van der Waals surface area contributed by atoms with Crippen LogP contribution < -0.4 is 0 Å². The van der Waals surface area contributed by atoms with Crippen molar-refractivity contribution in [3.63, 3.8) is 0 Å². The van der Waals surface area contributed by atoms with E-state index in [1.54, 1.807) is 48.6 Å². The number of benzene rings is 2. The minimum Gasteiger partial charge on any atom is -0.341 e. The highest BCUT2D eigenvalue weighted by Crippen LogP contribution is 2.21. The number of hydrogen-bond donors (Lipinski definition) is 0. The molecule has 2 aromatic carbocycles. The number of fused-ring (bicyclic) bond motifs is 1. The molecule has 0 N–H and O–H groups in total. The molecule has 0 unspecified atom stereocenters. The zero-order valence-corrected chi connectivity index (χ0v) is 17.1. The molecule has 5 nitrogen and oxygen atoms in total. The van der Waals surface area contributed by atoms with Crippen LogP contribution in [-0.4, -0.2) is 46.7 Å².